The second-order valence-electron chi connectivity index (χ2n) is 8.27. The maximum absolute atomic E-state index is 14.9. The molecule has 2 aliphatic rings. The Morgan fingerprint density at radius 1 is 1.31 bits per heavy atom. The molecule has 154 valence electrons. The average Bonchev–Trinajstić information content (AvgIpc) is 3.07. The highest BCUT2D eigenvalue weighted by atomic mass is 19.1. The van der Waals surface area contributed by atoms with Crippen molar-refractivity contribution >= 4 is 16.7 Å². The third-order valence-corrected chi connectivity index (χ3v) is 6.14. The molecule has 1 unspecified atom stereocenters. The molecule has 2 fully saturated rings. The molecule has 4 rings (SSSR count). The minimum absolute atomic E-state index is 0.0395. The first-order chi connectivity index (χ1) is 14.0. The highest BCUT2D eigenvalue weighted by molar-refractivity contribution is 5.92. The van der Waals surface area contributed by atoms with E-state index >= 15 is 0 Å². The molecule has 2 saturated heterocycles. The molecule has 3 heterocycles. The van der Waals surface area contributed by atoms with Gasteiger partial charge in [-0.1, -0.05) is 6.92 Å². The van der Waals surface area contributed by atoms with Gasteiger partial charge >= 0.3 is 0 Å². The van der Waals surface area contributed by atoms with E-state index in [0.717, 1.165) is 12.2 Å². The van der Waals surface area contributed by atoms with Crippen LogP contribution in [0.5, 0.6) is 0 Å². The SMILES string of the molecule is C[C@@H]1CN(c2ccc(C#N)c3nccnc23)C[C@@H]1NC(O)CC1(F)CCNCC1. The predicted octanol–water partition coefficient (Wildman–Crippen LogP) is 1.72. The number of aliphatic hydroxyl groups is 1. The van der Waals surface area contributed by atoms with Gasteiger partial charge in [0.2, 0.25) is 0 Å². The number of rotatable bonds is 5. The van der Waals surface area contributed by atoms with Gasteiger partial charge in [0.1, 0.15) is 29.0 Å². The van der Waals surface area contributed by atoms with E-state index in [-0.39, 0.29) is 18.4 Å². The van der Waals surface area contributed by atoms with E-state index in [0.29, 0.717) is 49.1 Å². The Bertz CT molecular complexity index is 910. The number of alkyl halides is 1. The van der Waals surface area contributed by atoms with Crippen LogP contribution in [-0.4, -0.2) is 59.2 Å². The molecular formula is C21H27FN6O. The number of hydrogen-bond donors (Lipinski definition) is 3. The number of anilines is 1. The third-order valence-electron chi connectivity index (χ3n) is 6.14. The van der Waals surface area contributed by atoms with Gasteiger partial charge in [0.15, 0.2) is 0 Å². The van der Waals surface area contributed by atoms with Gasteiger partial charge in [0.05, 0.1) is 11.3 Å². The zero-order valence-electron chi connectivity index (χ0n) is 16.6. The summed E-state index contributed by atoms with van der Waals surface area (Å²) in [5.74, 6) is 0.274. The van der Waals surface area contributed by atoms with E-state index in [2.05, 4.69) is 38.5 Å². The van der Waals surface area contributed by atoms with Crippen LogP contribution in [0, 0.1) is 17.2 Å². The van der Waals surface area contributed by atoms with E-state index in [1.54, 1.807) is 18.5 Å². The third kappa shape index (κ3) is 4.17. The lowest BCUT2D eigenvalue weighted by Crippen LogP contribution is -2.48. The van der Waals surface area contributed by atoms with Gasteiger partial charge in [-0.15, -0.1) is 0 Å². The topological polar surface area (TPSA) is 97.1 Å². The number of fused-ring (bicyclic) bond motifs is 1. The molecule has 0 spiro atoms. The Hall–Kier alpha value is -2.34. The van der Waals surface area contributed by atoms with E-state index in [4.69, 9.17) is 0 Å². The highest BCUT2D eigenvalue weighted by Gasteiger charge is 2.37. The summed E-state index contributed by atoms with van der Waals surface area (Å²) in [7, 11) is 0. The maximum Gasteiger partial charge on any atom is 0.117 e. The molecule has 8 heteroatoms. The Kier molecular flexibility index (Phi) is 5.63. The largest absolute Gasteiger partial charge is 0.378 e. The number of piperidine rings is 1. The number of nitrogens with zero attached hydrogens (tertiary/aromatic N) is 4. The average molecular weight is 398 g/mol. The molecule has 7 nitrogen and oxygen atoms in total. The first-order valence-electron chi connectivity index (χ1n) is 10.2. The minimum Gasteiger partial charge on any atom is -0.378 e. The van der Waals surface area contributed by atoms with Gasteiger partial charge in [0.25, 0.3) is 0 Å². The van der Waals surface area contributed by atoms with Crippen LogP contribution in [0.3, 0.4) is 0 Å². The lowest BCUT2D eigenvalue weighted by molar-refractivity contribution is 0.0172. The van der Waals surface area contributed by atoms with E-state index < -0.39 is 11.9 Å². The molecule has 0 bridgehead atoms. The summed E-state index contributed by atoms with van der Waals surface area (Å²) < 4.78 is 14.9. The van der Waals surface area contributed by atoms with Crippen molar-refractivity contribution in [3.05, 3.63) is 30.1 Å². The second-order valence-corrected chi connectivity index (χ2v) is 8.27. The molecule has 2 aliphatic heterocycles. The lowest BCUT2D eigenvalue weighted by atomic mass is 9.90. The first kappa shape index (κ1) is 20.0. The molecular weight excluding hydrogens is 371 g/mol. The fourth-order valence-corrected chi connectivity index (χ4v) is 4.50. The molecule has 0 radical (unpaired) electrons. The van der Waals surface area contributed by atoms with Crippen LogP contribution >= 0.6 is 0 Å². The Balaban J connectivity index is 1.46. The Labute approximate surface area is 169 Å². The van der Waals surface area contributed by atoms with Crippen LogP contribution in [0.25, 0.3) is 11.0 Å². The second kappa shape index (κ2) is 8.19. The van der Waals surface area contributed by atoms with Crippen LogP contribution in [0.15, 0.2) is 24.5 Å². The highest BCUT2D eigenvalue weighted by Crippen LogP contribution is 2.32. The fourth-order valence-electron chi connectivity index (χ4n) is 4.50. The molecule has 29 heavy (non-hydrogen) atoms. The zero-order valence-corrected chi connectivity index (χ0v) is 16.6. The smallest absolute Gasteiger partial charge is 0.117 e. The number of nitrogens with one attached hydrogen (secondary N) is 2. The molecule has 3 atom stereocenters. The molecule has 1 aromatic heterocycles. The number of aliphatic hydroxyl groups excluding tert-OH is 1. The van der Waals surface area contributed by atoms with Gasteiger partial charge in [-0.3, -0.25) is 15.3 Å². The van der Waals surface area contributed by atoms with Gasteiger partial charge in [-0.25, -0.2) is 4.39 Å². The number of nitriles is 1. The molecule has 0 saturated carbocycles. The fraction of sp³-hybridized carbons (Fsp3) is 0.571. The molecule has 0 aliphatic carbocycles. The standard InChI is InChI=1S/C21H27FN6O/c1-14-12-28(17-3-2-15(11-23)19-20(17)26-9-8-25-19)13-16(14)27-18(29)10-21(22)4-6-24-7-5-21/h2-3,8-9,14,16,18,24,27,29H,4-7,10,12-13H2,1H3/t14-,16+,18?/m1/s1. The quantitative estimate of drug-likeness (QED) is 0.660. The van der Waals surface area contributed by atoms with Crippen molar-refractivity contribution < 1.29 is 9.50 Å². The summed E-state index contributed by atoms with van der Waals surface area (Å²) in [6.45, 7) is 4.90. The van der Waals surface area contributed by atoms with Gasteiger partial charge in [-0.05, 0) is 44.0 Å². The van der Waals surface area contributed by atoms with Crippen molar-refractivity contribution in [3.8, 4) is 6.07 Å². The summed E-state index contributed by atoms with van der Waals surface area (Å²) in [5, 5.41) is 26.2. The summed E-state index contributed by atoms with van der Waals surface area (Å²) in [4.78, 5) is 11.0. The number of aromatic nitrogens is 2. The Morgan fingerprint density at radius 2 is 2.03 bits per heavy atom. The molecule has 2 aromatic rings. The van der Waals surface area contributed by atoms with E-state index in [9.17, 15) is 14.8 Å². The summed E-state index contributed by atoms with van der Waals surface area (Å²) in [5.41, 5.74) is 1.43. The van der Waals surface area contributed by atoms with Crippen molar-refractivity contribution in [2.75, 3.05) is 31.1 Å². The normalized spacial score (nSPS) is 25.1. The summed E-state index contributed by atoms with van der Waals surface area (Å²) >= 11 is 0. The van der Waals surface area contributed by atoms with Crippen LogP contribution < -0.4 is 15.5 Å². The summed E-state index contributed by atoms with van der Waals surface area (Å²) in [6.07, 6.45) is 3.34. The zero-order chi connectivity index (χ0) is 20.4. The van der Waals surface area contributed by atoms with Crippen LogP contribution in [-0.2, 0) is 0 Å². The number of halogens is 1. The van der Waals surface area contributed by atoms with E-state index in [1.807, 2.05) is 6.07 Å². The maximum atomic E-state index is 14.9. The van der Waals surface area contributed by atoms with Crippen molar-refractivity contribution in [2.45, 2.75) is 44.1 Å². The molecule has 0 amide bonds. The molecule has 1 aromatic carbocycles. The van der Waals surface area contributed by atoms with Crippen molar-refractivity contribution in [2.24, 2.45) is 5.92 Å². The van der Waals surface area contributed by atoms with E-state index in [1.165, 1.54) is 0 Å². The van der Waals surface area contributed by atoms with Gasteiger partial charge < -0.3 is 15.3 Å². The van der Waals surface area contributed by atoms with Crippen LogP contribution in [0.2, 0.25) is 0 Å². The van der Waals surface area contributed by atoms with Crippen molar-refractivity contribution in [3.63, 3.8) is 0 Å². The first-order valence-corrected chi connectivity index (χ1v) is 10.2. The van der Waals surface area contributed by atoms with Gasteiger partial charge in [0, 0.05) is 37.9 Å². The summed E-state index contributed by atoms with van der Waals surface area (Å²) in [6, 6.07) is 5.89. The Morgan fingerprint density at radius 3 is 2.76 bits per heavy atom. The monoisotopic (exact) mass is 398 g/mol. The number of benzene rings is 1. The van der Waals surface area contributed by atoms with Crippen molar-refractivity contribution in [1.82, 2.24) is 20.6 Å². The van der Waals surface area contributed by atoms with Crippen LogP contribution in [0.4, 0.5) is 10.1 Å². The predicted molar refractivity (Wildman–Crippen MR) is 109 cm³/mol. The van der Waals surface area contributed by atoms with Crippen molar-refractivity contribution in [1.29, 1.82) is 5.26 Å². The van der Waals surface area contributed by atoms with Crippen LogP contribution in [0.1, 0.15) is 31.7 Å². The van der Waals surface area contributed by atoms with Gasteiger partial charge in [-0.2, -0.15) is 5.26 Å². The lowest BCUT2D eigenvalue weighted by Gasteiger charge is -2.33. The number of hydrogen-bond acceptors (Lipinski definition) is 7. The molecule has 3 N–H and O–H groups in total. The minimum atomic E-state index is -1.31.